The monoisotopic (exact) mass is 484 g/mol. The van der Waals surface area contributed by atoms with Crippen LogP contribution in [-0.4, -0.2) is 6.30 Å². The van der Waals surface area contributed by atoms with Crippen molar-refractivity contribution < 1.29 is 10.3 Å². The van der Waals surface area contributed by atoms with Gasteiger partial charge in [0.1, 0.15) is 0 Å². The Hall–Kier alpha value is -0.611. The normalized spacial score (nSPS) is 17.1. The third kappa shape index (κ3) is 4.13. The van der Waals surface area contributed by atoms with Crippen molar-refractivity contribution in [1.29, 1.82) is 0 Å². The van der Waals surface area contributed by atoms with E-state index >= 15 is 0 Å². The van der Waals surface area contributed by atoms with Crippen molar-refractivity contribution in [3.63, 3.8) is 0 Å². The largest absolute Gasteiger partial charge is 0.147 e. The molecule has 0 bridgehead atoms. The van der Waals surface area contributed by atoms with Crippen LogP contribution >= 0.6 is 19.9 Å². The van der Waals surface area contributed by atoms with Crippen LogP contribution in [0.5, 0.6) is 0 Å². The molecule has 2 aromatic carbocycles. The summed E-state index contributed by atoms with van der Waals surface area (Å²) in [7, 11) is -3.50. The summed E-state index contributed by atoms with van der Waals surface area (Å²) in [5.74, 6) is 10.8. The van der Waals surface area contributed by atoms with Gasteiger partial charge in [0.05, 0.1) is 0 Å². The minimum atomic E-state index is -3.13. The third-order valence-electron chi connectivity index (χ3n) is 7.35. The molecule has 1 aliphatic rings. The maximum atomic E-state index is 2.71. The van der Waals surface area contributed by atoms with E-state index in [-0.39, 0.29) is 19.9 Å². The zero-order valence-electron chi connectivity index (χ0n) is 19.3. The quantitative estimate of drug-likeness (QED) is 0.296. The van der Waals surface area contributed by atoms with Gasteiger partial charge in [-0.25, -0.2) is 0 Å². The molecule has 2 aromatic rings. The van der Waals surface area contributed by atoms with Gasteiger partial charge < -0.3 is 0 Å². The molecule has 0 saturated heterocycles. The molecule has 0 amide bonds. The Labute approximate surface area is 185 Å². The molecule has 160 valence electrons. The Kier molecular flexibility index (Phi) is 6.39. The van der Waals surface area contributed by atoms with Gasteiger partial charge in [0.2, 0.25) is 0 Å². The molecular weight excluding hydrogens is 447 g/mol. The Balaban J connectivity index is 0.00000300. The van der Waals surface area contributed by atoms with Crippen molar-refractivity contribution >= 4 is 36.8 Å². The van der Waals surface area contributed by atoms with Crippen LogP contribution in [0.3, 0.4) is 0 Å². The predicted molar refractivity (Wildman–Crippen MR) is 139 cm³/mol. The molecule has 4 heteroatoms. The van der Waals surface area contributed by atoms with E-state index < -0.39 is 16.6 Å². The number of hydrogen-bond donors (Lipinski definition) is 0. The fourth-order valence-electron chi connectivity index (χ4n) is 4.03. The van der Waals surface area contributed by atoms with Crippen molar-refractivity contribution in [2.24, 2.45) is 0 Å². The van der Waals surface area contributed by atoms with Gasteiger partial charge in [-0.1, -0.05) is 0 Å². The van der Waals surface area contributed by atoms with Crippen LogP contribution in [0.25, 0.3) is 0 Å². The number of benzene rings is 2. The van der Waals surface area contributed by atoms with Crippen LogP contribution in [0.15, 0.2) is 72.8 Å². The van der Waals surface area contributed by atoms with E-state index in [4.69, 9.17) is 0 Å². The van der Waals surface area contributed by atoms with Gasteiger partial charge in [-0.3, -0.25) is 0 Å². The Morgan fingerprint density at radius 1 is 0.690 bits per heavy atom. The zero-order valence-corrected chi connectivity index (χ0v) is 23.3. The summed E-state index contributed by atoms with van der Waals surface area (Å²) >= 11 is 0. The summed E-state index contributed by atoms with van der Waals surface area (Å²) in [4.78, 5) is 0. The van der Waals surface area contributed by atoms with Gasteiger partial charge in [-0.2, -0.15) is 0 Å². The van der Waals surface area contributed by atoms with Gasteiger partial charge >= 0.3 is 173 Å². The molecule has 0 atom stereocenters. The van der Waals surface area contributed by atoms with Gasteiger partial charge in [-0.15, -0.1) is 12.4 Å². The molecule has 0 saturated carbocycles. The Morgan fingerprint density at radius 3 is 1.38 bits per heavy atom. The van der Waals surface area contributed by atoms with Crippen LogP contribution in [0.4, 0.5) is 0 Å². The Morgan fingerprint density at radius 2 is 1.03 bits per heavy atom. The van der Waals surface area contributed by atoms with E-state index in [1.54, 1.807) is 10.6 Å². The van der Waals surface area contributed by atoms with Crippen LogP contribution in [0.1, 0.15) is 11.1 Å². The molecule has 0 aliphatic heterocycles. The second-order valence-electron chi connectivity index (χ2n) is 11.0. The molecule has 0 heterocycles. The van der Waals surface area contributed by atoms with Gasteiger partial charge in [0.25, 0.3) is 0 Å². The molecule has 0 fully saturated rings. The van der Waals surface area contributed by atoms with E-state index in [1.165, 1.54) is 11.1 Å². The van der Waals surface area contributed by atoms with Crippen LogP contribution in [-0.2, 0) is 10.3 Å². The van der Waals surface area contributed by atoms with Crippen molar-refractivity contribution in [2.45, 2.75) is 54.9 Å². The molecule has 0 spiro atoms. The van der Waals surface area contributed by atoms with Gasteiger partial charge in [0, 0.05) is 0 Å². The topological polar surface area (TPSA) is 0 Å². The smallest absolute Gasteiger partial charge is 0.147 e. The molecule has 0 N–H and O–H groups in total. The number of aryl methyl sites for hydroxylation is 2. The van der Waals surface area contributed by atoms with Crippen molar-refractivity contribution in [3.05, 3.63) is 84.0 Å². The molecule has 3 rings (SSSR count). The SMILES string of the molecule is Cc1ccc(P(c2ccc(C)cc2)[Si](C)(C)[Cr]([CH3])([CH3])([CH3])([CH3])[CH]2C=CC=C2)cc1.Cl. The summed E-state index contributed by atoms with van der Waals surface area (Å²) in [6.07, 6.45) is 7.76. The fraction of sp³-hybridized carbons (Fsp3) is 0.360. The maximum Gasteiger partial charge on any atom is -0.147 e. The molecule has 0 aromatic heterocycles. The Bertz CT molecular complexity index is 876. The zero-order chi connectivity index (χ0) is 20.9. The number of allylic oxidation sites excluding steroid dienone is 4. The first-order valence-electron chi connectivity index (χ1n) is 10.1. The first kappa shape index (κ1) is 24.7. The van der Waals surface area contributed by atoms with Crippen LogP contribution < -0.4 is 10.6 Å². The van der Waals surface area contributed by atoms with E-state index in [0.717, 1.165) is 0 Å². The molecular formula is C25H38ClCrPSi. The van der Waals surface area contributed by atoms with Crippen LogP contribution in [0.2, 0.25) is 41.0 Å². The second kappa shape index (κ2) is 7.51. The van der Waals surface area contributed by atoms with E-state index in [1.807, 2.05) is 0 Å². The average Bonchev–Trinajstić information content (AvgIpc) is 3.14. The van der Waals surface area contributed by atoms with Gasteiger partial charge in [0.15, 0.2) is 0 Å². The second-order valence-corrected chi connectivity index (χ2v) is 48.6. The summed E-state index contributed by atoms with van der Waals surface area (Å²) in [5, 5.41) is 3.12. The minimum absolute atomic E-state index is 0. The third-order valence-corrected chi connectivity index (χ3v) is 59.2. The molecule has 0 radical (unpaired) electrons. The van der Waals surface area contributed by atoms with Crippen molar-refractivity contribution in [3.8, 4) is 0 Å². The molecule has 1 aliphatic carbocycles. The fourth-order valence-corrected chi connectivity index (χ4v) is 37.6. The van der Waals surface area contributed by atoms with Crippen molar-refractivity contribution in [2.75, 3.05) is 0 Å². The van der Waals surface area contributed by atoms with E-state index in [2.05, 4.69) is 123 Å². The molecule has 0 nitrogen and oxygen atoms in total. The summed E-state index contributed by atoms with van der Waals surface area (Å²) in [6.45, 7) is 9.79. The van der Waals surface area contributed by atoms with E-state index in [9.17, 15) is 0 Å². The number of rotatable bonds is 5. The minimum Gasteiger partial charge on any atom is -0.147 e. The first-order chi connectivity index (χ1) is 12.8. The maximum absolute atomic E-state index is 3.13. The van der Waals surface area contributed by atoms with E-state index in [0.29, 0.717) is 4.78 Å². The summed E-state index contributed by atoms with van der Waals surface area (Å²) < 4.78 is 0.607. The average molecular weight is 485 g/mol. The first-order valence-corrected chi connectivity index (χ1v) is 22.9. The van der Waals surface area contributed by atoms with Gasteiger partial charge in [-0.05, 0) is 0 Å². The molecule has 29 heavy (non-hydrogen) atoms. The standard InChI is InChI=1S/C16H20PSi.C5H5.4CH3.ClH.Cr/c1-13-5-9-15(10-6-13)17(18(3)4)16-11-7-14(2)8-12-16;1-2-4-5-3-1;;;;;;/h5-12H,1-4H3;1-5H;4*1H3;1H;. The number of hydrogen-bond acceptors (Lipinski definition) is 0. The summed E-state index contributed by atoms with van der Waals surface area (Å²) in [5.41, 5.74) is 2.69. The predicted octanol–water partition coefficient (Wildman–Crippen LogP) is 8.19. The summed E-state index contributed by atoms with van der Waals surface area (Å²) in [6, 6.07) is 18.9. The van der Waals surface area contributed by atoms with Crippen molar-refractivity contribution in [1.82, 2.24) is 0 Å². The van der Waals surface area contributed by atoms with Crippen LogP contribution in [0, 0.1) is 13.8 Å². The molecule has 0 unspecified atom stereocenters. The number of halogens is 1.